The minimum atomic E-state index is -0.296. The SMILES string of the molecule is O=C(c1ccccc1)n1nnc(-c2ccccc2)n1. The van der Waals surface area contributed by atoms with E-state index in [2.05, 4.69) is 15.4 Å². The Bertz CT molecular complexity index is 692. The summed E-state index contributed by atoms with van der Waals surface area (Å²) in [6, 6.07) is 18.3. The fraction of sp³-hybridized carbons (Fsp3) is 0. The van der Waals surface area contributed by atoms with Gasteiger partial charge in [0.15, 0.2) is 0 Å². The molecular weight excluding hydrogens is 240 g/mol. The Morgan fingerprint density at radius 2 is 1.53 bits per heavy atom. The maximum atomic E-state index is 12.1. The van der Waals surface area contributed by atoms with Crippen LogP contribution in [0.1, 0.15) is 10.4 Å². The van der Waals surface area contributed by atoms with Crippen molar-refractivity contribution in [2.45, 2.75) is 0 Å². The van der Waals surface area contributed by atoms with Gasteiger partial charge in [0.1, 0.15) is 0 Å². The van der Waals surface area contributed by atoms with Gasteiger partial charge in [0.2, 0.25) is 5.82 Å². The number of hydrogen-bond acceptors (Lipinski definition) is 4. The number of carbonyl (C=O) groups is 1. The highest BCUT2D eigenvalue weighted by Crippen LogP contribution is 2.12. The van der Waals surface area contributed by atoms with E-state index in [-0.39, 0.29) is 5.91 Å². The lowest BCUT2D eigenvalue weighted by Gasteiger charge is -1.96. The van der Waals surface area contributed by atoms with E-state index in [0.29, 0.717) is 11.4 Å². The average molecular weight is 250 g/mol. The van der Waals surface area contributed by atoms with Gasteiger partial charge in [-0.15, -0.1) is 10.2 Å². The van der Waals surface area contributed by atoms with E-state index >= 15 is 0 Å². The number of carbonyl (C=O) groups excluding carboxylic acids is 1. The Morgan fingerprint density at radius 3 is 2.21 bits per heavy atom. The van der Waals surface area contributed by atoms with Gasteiger partial charge in [-0.3, -0.25) is 4.79 Å². The van der Waals surface area contributed by atoms with Crippen LogP contribution in [0.3, 0.4) is 0 Å². The second kappa shape index (κ2) is 4.81. The van der Waals surface area contributed by atoms with E-state index in [9.17, 15) is 4.79 Å². The van der Waals surface area contributed by atoms with Crippen LogP contribution in [-0.2, 0) is 0 Å². The van der Waals surface area contributed by atoms with E-state index in [4.69, 9.17) is 0 Å². The molecule has 2 aromatic carbocycles. The van der Waals surface area contributed by atoms with Crippen molar-refractivity contribution in [3.8, 4) is 11.4 Å². The van der Waals surface area contributed by atoms with Gasteiger partial charge < -0.3 is 0 Å². The van der Waals surface area contributed by atoms with Crippen molar-refractivity contribution in [1.82, 2.24) is 20.2 Å². The third kappa shape index (κ3) is 2.26. The first kappa shape index (κ1) is 11.3. The van der Waals surface area contributed by atoms with Crippen LogP contribution in [0.4, 0.5) is 0 Å². The van der Waals surface area contributed by atoms with Gasteiger partial charge in [0, 0.05) is 11.1 Å². The van der Waals surface area contributed by atoms with Gasteiger partial charge in [0.25, 0.3) is 5.91 Å². The molecule has 0 N–H and O–H groups in total. The molecule has 0 aliphatic rings. The summed E-state index contributed by atoms with van der Waals surface area (Å²) < 4.78 is 0. The molecule has 0 saturated carbocycles. The maximum absolute atomic E-state index is 12.1. The quantitative estimate of drug-likeness (QED) is 0.698. The van der Waals surface area contributed by atoms with Gasteiger partial charge in [-0.2, -0.15) is 0 Å². The molecule has 0 bridgehead atoms. The highest BCUT2D eigenvalue weighted by atomic mass is 16.2. The molecule has 0 saturated heterocycles. The van der Waals surface area contributed by atoms with Crippen LogP contribution in [0.5, 0.6) is 0 Å². The molecule has 0 aliphatic heterocycles. The first-order valence-corrected chi connectivity index (χ1v) is 5.80. The Hall–Kier alpha value is -2.82. The molecule has 1 aromatic heterocycles. The van der Waals surface area contributed by atoms with Crippen LogP contribution >= 0.6 is 0 Å². The van der Waals surface area contributed by atoms with Crippen molar-refractivity contribution < 1.29 is 4.79 Å². The van der Waals surface area contributed by atoms with Gasteiger partial charge in [0.05, 0.1) is 0 Å². The largest absolute Gasteiger partial charge is 0.297 e. The van der Waals surface area contributed by atoms with Gasteiger partial charge in [-0.25, -0.2) is 0 Å². The standard InChI is InChI=1S/C14H10N4O/c19-14(12-9-5-2-6-10-12)18-16-13(15-17-18)11-7-3-1-4-8-11/h1-10H. The number of hydrogen-bond donors (Lipinski definition) is 0. The Labute approximate surface area is 109 Å². The van der Waals surface area contributed by atoms with Gasteiger partial charge in [-0.05, 0) is 17.3 Å². The number of aromatic nitrogens is 4. The molecule has 0 radical (unpaired) electrons. The normalized spacial score (nSPS) is 10.3. The Morgan fingerprint density at radius 1 is 0.895 bits per heavy atom. The van der Waals surface area contributed by atoms with Crippen molar-refractivity contribution in [2.24, 2.45) is 0 Å². The zero-order valence-corrected chi connectivity index (χ0v) is 9.97. The molecule has 0 fully saturated rings. The van der Waals surface area contributed by atoms with Crippen LogP contribution in [-0.4, -0.2) is 26.1 Å². The molecule has 92 valence electrons. The summed E-state index contributed by atoms with van der Waals surface area (Å²) in [5.41, 5.74) is 1.36. The fourth-order valence-electron chi connectivity index (χ4n) is 1.70. The summed E-state index contributed by atoms with van der Waals surface area (Å²) in [5.74, 6) is 0.139. The first-order valence-electron chi connectivity index (χ1n) is 5.80. The fourth-order valence-corrected chi connectivity index (χ4v) is 1.70. The van der Waals surface area contributed by atoms with Crippen molar-refractivity contribution in [3.63, 3.8) is 0 Å². The van der Waals surface area contributed by atoms with E-state index < -0.39 is 0 Å². The molecule has 0 unspecified atom stereocenters. The third-order valence-corrected chi connectivity index (χ3v) is 2.65. The number of benzene rings is 2. The summed E-state index contributed by atoms with van der Waals surface area (Å²) in [6.45, 7) is 0. The van der Waals surface area contributed by atoms with Crippen LogP contribution in [0.2, 0.25) is 0 Å². The highest BCUT2D eigenvalue weighted by Gasteiger charge is 2.13. The minimum Gasteiger partial charge on any atom is -0.265 e. The third-order valence-electron chi connectivity index (χ3n) is 2.65. The molecule has 0 amide bonds. The summed E-state index contributed by atoms with van der Waals surface area (Å²) in [5, 5.41) is 11.8. The summed E-state index contributed by atoms with van der Waals surface area (Å²) in [4.78, 5) is 13.1. The lowest BCUT2D eigenvalue weighted by atomic mass is 10.2. The minimum absolute atomic E-state index is 0.296. The second-order valence-electron chi connectivity index (χ2n) is 3.94. The average Bonchev–Trinajstić information content (AvgIpc) is 2.98. The summed E-state index contributed by atoms with van der Waals surface area (Å²) >= 11 is 0. The first-order chi connectivity index (χ1) is 9.34. The molecule has 0 aliphatic carbocycles. The number of nitrogens with zero attached hydrogens (tertiary/aromatic N) is 4. The number of tetrazole rings is 1. The Balaban J connectivity index is 1.92. The van der Waals surface area contributed by atoms with Crippen molar-refractivity contribution >= 4 is 5.91 Å². The van der Waals surface area contributed by atoms with Crippen LogP contribution < -0.4 is 0 Å². The number of rotatable bonds is 2. The molecule has 1 heterocycles. The molecule has 3 aromatic rings. The molecule has 0 spiro atoms. The van der Waals surface area contributed by atoms with Crippen molar-refractivity contribution in [3.05, 3.63) is 66.2 Å². The topological polar surface area (TPSA) is 60.7 Å². The van der Waals surface area contributed by atoms with E-state index in [0.717, 1.165) is 10.4 Å². The Kier molecular flexibility index (Phi) is 2.86. The highest BCUT2D eigenvalue weighted by molar-refractivity contribution is 5.94. The molecule has 0 atom stereocenters. The predicted molar refractivity (Wildman–Crippen MR) is 69.4 cm³/mol. The molecular formula is C14H10N4O. The van der Waals surface area contributed by atoms with E-state index in [1.165, 1.54) is 0 Å². The van der Waals surface area contributed by atoms with Crippen LogP contribution in [0, 0.1) is 0 Å². The maximum Gasteiger partial charge on any atom is 0.297 e. The summed E-state index contributed by atoms with van der Waals surface area (Å²) in [7, 11) is 0. The van der Waals surface area contributed by atoms with Crippen LogP contribution in [0.15, 0.2) is 60.7 Å². The molecule has 3 rings (SSSR count). The molecule has 19 heavy (non-hydrogen) atoms. The van der Waals surface area contributed by atoms with E-state index in [1.54, 1.807) is 24.3 Å². The van der Waals surface area contributed by atoms with Gasteiger partial charge in [-0.1, -0.05) is 53.3 Å². The van der Waals surface area contributed by atoms with Gasteiger partial charge >= 0.3 is 0 Å². The smallest absolute Gasteiger partial charge is 0.265 e. The zero-order chi connectivity index (χ0) is 13.1. The van der Waals surface area contributed by atoms with E-state index in [1.807, 2.05) is 36.4 Å². The molecule has 5 nitrogen and oxygen atoms in total. The van der Waals surface area contributed by atoms with Crippen molar-refractivity contribution in [2.75, 3.05) is 0 Å². The van der Waals surface area contributed by atoms with Crippen molar-refractivity contribution in [1.29, 1.82) is 0 Å². The summed E-state index contributed by atoms with van der Waals surface area (Å²) in [6.07, 6.45) is 0. The second-order valence-corrected chi connectivity index (χ2v) is 3.94. The predicted octanol–water partition coefficient (Wildman–Crippen LogP) is 2.03. The van der Waals surface area contributed by atoms with Crippen LogP contribution in [0.25, 0.3) is 11.4 Å². The lowest BCUT2D eigenvalue weighted by Crippen LogP contribution is -2.15. The zero-order valence-electron chi connectivity index (χ0n) is 9.97. The lowest BCUT2D eigenvalue weighted by molar-refractivity contribution is 0.0925. The molecule has 5 heteroatoms. The monoisotopic (exact) mass is 250 g/mol.